The molecule has 0 unspecified atom stereocenters. The SMILES string of the molecule is CCOC(=O)c1c(NC(=O)c2ccn(C)n2)sc2c1CCN(Cc1ccccc1)C2.Cl. The van der Waals surface area contributed by atoms with Gasteiger partial charge in [0.1, 0.15) is 5.00 Å². The number of hydrogen-bond acceptors (Lipinski definition) is 6. The molecule has 1 amide bonds. The summed E-state index contributed by atoms with van der Waals surface area (Å²) in [6, 6.07) is 12.0. The first-order valence-corrected chi connectivity index (χ1v) is 10.8. The van der Waals surface area contributed by atoms with Gasteiger partial charge in [-0.05, 0) is 30.5 Å². The quantitative estimate of drug-likeness (QED) is 0.565. The van der Waals surface area contributed by atoms with Crippen LogP contribution in [-0.4, -0.2) is 39.7 Å². The Hall–Kier alpha value is -2.68. The highest BCUT2D eigenvalue weighted by Crippen LogP contribution is 2.38. The van der Waals surface area contributed by atoms with Gasteiger partial charge in [-0.2, -0.15) is 5.10 Å². The van der Waals surface area contributed by atoms with Crippen molar-refractivity contribution in [3.8, 4) is 0 Å². The molecule has 1 aromatic carbocycles. The van der Waals surface area contributed by atoms with Crippen LogP contribution in [0, 0.1) is 0 Å². The van der Waals surface area contributed by atoms with Crippen LogP contribution < -0.4 is 5.32 Å². The molecular weight excluding hydrogens is 436 g/mol. The lowest BCUT2D eigenvalue weighted by molar-refractivity contribution is 0.0526. The van der Waals surface area contributed by atoms with Crippen molar-refractivity contribution in [1.29, 1.82) is 0 Å². The summed E-state index contributed by atoms with van der Waals surface area (Å²) in [5.41, 5.74) is 3.04. The van der Waals surface area contributed by atoms with Crippen molar-refractivity contribution < 1.29 is 14.3 Å². The molecule has 31 heavy (non-hydrogen) atoms. The number of aryl methyl sites for hydroxylation is 1. The number of benzene rings is 1. The van der Waals surface area contributed by atoms with Gasteiger partial charge in [0.25, 0.3) is 5.91 Å². The molecule has 0 bridgehead atoms. The molecule has 1 aliphatic rings. The topological polar surface area (TPSA) is 76.5 Å². The Bertz CT molecular complexity index is 1060. The molecule has 9 heteroatoms. The van der Waals surface area contributed by atoms with E-state index in [0.717, 1.165) is 36.5 Å². The summed E-state index contributed by atoms with van der Waals surface area (Å²) in [4.78, 5) is 28.8. The first kappa shape index (κ1) is 23.0. The summed E-state index contributed by atoms with van der Waals surface area (Å²) in [5.74, 6) is -0.719. The second kappa shape index (κ2) is 10.1. The fraction of sp³-hybridized carbons (Fsp3) is 0.318. The Kier molecular flexibility index (Phi) is 7.48. The van der Waals surface area contributed by atoms with Crippen LogP contribution in [0.2, 0.25) is 0 Å². The van der Waals surface area contributed by atoms with Crippen molar-refractivity contribution in [3.05, 3.63) is 69.9 Å². The van der Waals surface area contributed by atoms with Crippen molar-refractivity contribution in [1.82, 2.24) is 14.7 Å². The summed E-state index contributed by atoms with van der Waals surface area (Å²) >= 11 is 1.45. The molecule has 164 valence electrons. The number of esters is 1. The predicted molar refractivity (Wildman–Crippen MR) is 123 cm³/mol. The zero-order valence-corrected chi connectivity index (χ0v) is 19.1. The largest absolute Gasteiger partial charge is 0.462 e. The average Bonchev–Trinajstić information content (AvgIpc) is 3.32. The Balaban J connectivity index is 0.00000272. The minimum absolute atomic E-state index is 0. The minimum atomic E-state index is -0.386. The zero-order chi connectivity index (χ0) is 21.1. The summed E-state index contributed by atoms with van der Waals surface area (Å²) < 4.78 is 6.86. The van der Waals surface area contributed by atoms with E-state index in [-0.39, 0.29) is 30.9 Å². The maximum atomic E-state index is 12.7. The molecule has 1 N–H and O–H groups in total. The van der Waals surface area contributed by atoms with Gasteiger partial charge in [-0.25, -0.2) is 4.79 Å². The van der Waals surface area contributed by atoms with Crippen molar-refractivity contribution in [2.75, 3.05) is 18.5 Å². The number of aromatic nitrogens is 2. The number of hydrogen-bond donors (Lipinski definition) is 1. The predicted octanol–water partition coefficient (Wildman–Crippen LogP) is 3.89. The van der Waals surface area contributed by atoms with Gasteiger partial charge in [-0.1, -0.05) is 30.3 Å². The van der Waals surface area contributed by atoms with Gasteiger partial charge in [0.2, 0.25) is 0 Å². The van der Waals surface area contributed by atoms with E-state index in [0.29, 0.717) is 16.3 Å². The smallest absolute Gasteiger partial charge is 0.341 e. The lowest BCUT2D eigenvalue weighted by atomic mass is 10.0. The van der Waals surface area contributed by atoms with E-state index >= 15 is 0 Å². The number of rotatable bonds is 6. The lowest BCUT2D eigenvalue weighted by Gasteiger charge is -2.27. The number of nitrogens with zero attached hydrogens (tertiary/aromatic N) is 3. The van der Waals surface area contributed by atoms with Crippen LogP contribution >= 0.6 is 23.7 Å². The normalized spacial score (nSPS) is 13.2. The van der Waals surface area contributed by atoms with Crippen molar-refractivity contribution in [3.63, 3.8) is 0 Å². The molecule has 1 aliphatic heterocycles. The fourth-order valence-corrected chi connectivity index (χ4v) is 4.92. The molecule has 4 rings (SSSR count). The summed E-state index contributed by atoms with van der Waals surface area (Å²) in [6.07, 6.45) is 2.45. The number of thiophene rings is 1. The molecule has 0 spiro atoms. The zero-order valence-electron chi connectivity index (χ0n) is 17.5. The van der Waals surface area contributed by atoms with E-state index in [9.17, 15) is 9.59 Å². The van der Waals surface area contributed by atoms with Crippen LogP contribution in [0.3, 0.4) is 0 Å². The van der Waals surface area contributed by atoms with E-state index in [1.807, 2.05) is 18.2 Å². The highest BCUT2D eigenvalue weighted by Gasteiger charge is 2.30. The molecule has 0 saturated carbocycles. The van der Waals surface area contributed by atoms with Crippen LogP contribution in [0.5, 0.6) is 0 Å². The molecule has 0 radical (unpaired) electrons. The fourth-order valence-electron chi connectivity index (χ4n) is 3.64. The van der Waals surface area contributed by atoms with Crippen molar-refractivity contribution in [2.24, 2.45) is 7.05 Å². The molecule has 0 saturated heterocycles. The van der Waals surface area contributed by atoms with Gasteiger partial charge in [0, 0.05) is 37.8 Å². The number of amides is 1. The monoisotopic (exact) mass is 460 g/mol. The number of carbonyl (C=O) groups is 2. The van der Waals surface area contributed by atoms with Crippen molar-refractivity contribution in [2.45, 2.75) is 26.4 Å². The number of fused-ring (bicyclic) bond motifs is 1. The van der Waals surface area contributed by atoms with Gasteiger partial charge in [-0.15, -0.1) is 23.7 Å². The van der Waals surface area contributed by atoms with Crippen molar-refractivity contribution >= 4 is 40.6 Å². The standard InChI is InChI=1S/C22H24N4O3S.ClH/c1-3-29-22(28)19-16-9-12-26(13-15-7-5-4-6-8-15)14-18(16)30-21(19)23-20(27)17-10-11-25(2)24-17;/h4-8,10-11H,3,9,12-14H2,1-2H3,(H,23,27);1H. The van der Waals surface area contributed by atoms with Gasteiger partial charge >= 0.3 is 5.97 Å². The number of anilines is 1. The first-order valence-electron chi connectivity index (χ1n) is 9.94. The highest BCUT2D eigenvalue weighted by atomic mass is 35.5. The number of halogens is 1. The van der Waals surface area contributed by atoms with E-state index in [2.05, 4.69) is 27.4 Å². The third-order valence-corrected chi connectivity index (χ3v) is 6.17. The summed E-state index contributed by atoms with van der Waals surface area (Å²) in [6.45, 7) is 4.50. The molecule has 7 nitrogen and oxygen atoms in total. The maximum Gasteiger partial charge on any atom is 0.341 e. The Morgan fingerprint density at radius 1 is 1.23 bits per heavy atom. The van der Waals surface area contributed by atoms with Gasteiger partial charge in [-0.3, -0.25) is 14.4 Å². The maximum absolute atomic E-state index is 12.7. The average molecular weight is 461 g/mol. The van der Waals surface area contributed by atoms with Crippen LogP contribution in [0.1, 0.15) is 43.8 Å². The van der Waals surface area contributed by atoms with E-state index in [1.54, 1.807) is 30.9 Å². The molecule has 2 aromatic heterocycles. The van der Waals surface area contributed by atoms with Crippen LogP contribution in [-0.2, 0) is 31.3 Å². The Labute approximate surface area is 191 Å². The second-order valence-electron chi connectivity index (χ2n) is 7.20. The number of carbonyl (C=O) groups excluding carboxylic acids is 2. The minimum Gasteiger partial charge on any atom is -0.462 e. The summed E-state index contributed by atoms with van der Waals surface area (Å²) in [5, 5.41) is 7.57. The molecule has 0 atom stereocenters. The third-order valence-electron chi connectivity index (χ3n) is 5.04. The van der Waals surface area contributed by atoms with Crippen LogP contribution in [0.15, 0.2) is 42.6 Å². The highest BCUT2D eigenvalue weighted by molar-refractivity contribution is 7.17. The summed E-state index contributed by atoms with van der Waals surface area (Å²) in [7, 11) is 1.76. The molecule has 3 heterocycles. The molecular formula is C22H25ClN4O3S. The molecule has 0 aliphatic carbocycles. The number of nitrogens with one attached hydrogen (secondary N) is 1. The van der Waals surface area contributed by atoms with Gasteiger partial charge in [0.05, 0.1) is 12.2 Å². The number of ether oxygens (including phenoxy) is 1. The lowest BCUT2D eigenvalue weighted by Crippen LogP contribution is -2.29. The van der Waals surface area contributed by atoms with Crippen LogP contribution in [0.25, 0.3) is 0 Å². The molecule has 0 fully saturated rings. The van der Waals surface area contributed by atoms with Gasteiger partial charge < -0.3 is 10.1 Å². The Morgan fingerprint density at radius 2 is 2.00 bits per heavy atom. The van der Waals surface area contributed by atoms with E-state index < -0.39 is 0 Å². The van der Waals surface area contributed by atoms with Gasteiger partial charge in [0.15, 0.2) is 5.69 Å². The second-order valence-corrected chi connectivity index (χ2v) is 8.31. The van der Waals surface area contributed by atoms with Crippen LogP contribution in [0.4, 0.5) is 5.00 Å². The van der Waals surface area contributed by atoms with E-state index in [4.69, 9.17) is 4.74 Å². The first-order chi connectivity index (χ1) is 14.5. The third kappa shape index (κ3) is 5.15. The Morgan fingerprint density at radius 3 is 2.68 bits per heavy atom. The molecule has 3 aromatic rings. The van der Waals surface area contributed by atoms with E-state index in [1.165, 1.54) is 16.9 Å².